The molecule has 0 fully saturated rings. The van der Waals surface area contributed by atoms with Crippen LogP contribution in [0.1, 0.15) is 33.4 Å². The fraction of sp³-hybridized carbons (Fsp3) is 0.227. The van der Waals surface area contributed by atoms with Gasteiger partial charge in [-0.1, -0.05) is 12.1 Å². The summed E-state index contributed by atoms with van der Waals surface area (Å²) in [4.78, 5) is 33.9. The summed E-state index contributed by atoms with van der Waals surface area (Å²) in [5, 5.41) is 7.87. The maximum absolute atomic E-state index is 13.0. The Labute approximate surface area is 188 Å². The SMILES string of the molecule is COc1ccc([C@@H]2CC(c3cccs3)=NN2C(=O)COC(=O)c2cnccn2)cc1OC. The summed E-state index contributed by atoms with van der Waals surface area (Å²) in [7, 11) is 3.12. The minimum Gasteiger partial charge on any atom is -0.493 e. The van der Waals surface area contributed by atoms with Crippen molar-refractivity contribution in [1.29, 1.82) is 0 Å². The van der Waals surface area contributed by atoms with Crippen LogP contribution in [0.2, 0.25) is 0 Å². The summed E-state index contributed by atoms with van der Waals surface area (Å²) in [5.74, 6) is -0.0372. The molecule has 0 saturated carbocycles. The highest BCUT2D eigenvalue weighted by Gasteiger charge is 2.34. The molecule has 3 aromatic rings. The molecule has 10 heteroatoms. The Morgan fingerprint density at radius 2 is 2.00 bits per heavy atom. The van der Waals surface area contributed by atoms with Gasteiger partial charge in [0.05, 0.1) is 37.0 Å². The normalized spacial score (nSPS) is 15.2. The van der Waals surface area contributed by atoms with Crippen molar-refractivity contribution in [2.24, 2.45) is 5.10 Å². The standard InChI is InChI=1S/C22H20N4O5S/c1-29-18-6-5-14(10-19(18)30-2)17-11-15(20-4-3-9-32-20)25-26(17)21(27)13-31-22(28)16-12-23-7-8-24-16/h3-10,12,17H,11,13H2,1-2H3/t17-/m0/s1. The summed E-state index contributed by atoms with van der Waals surface area (Å²) in [6.07, 6.45) is 4.62. The molecule has 0 bridgehead atoms. The van der Waals surface area contributed by atoms with Gasteiger partial charge < -0.3 is 14.2 Å². The first-order valence-electron chi connectivity index (χ1n) is 9.69. The van der Waals surface area contributed by atoms with Gasteiger partial charge in [0.2, 0.25) is 0 Å². The number of esters is 1. The van der Waals surface area contributed by atoms with E-state index in [2.05, 4.69) is 15.1 Å². The maximum Gasteiger partial charge on any atom is 0.359 e. The summed E-state index contributed by atoms with van der Waals surface area (Å²) in [6.45, 7) is -0.472. The number of methoxy groups -OCH3 is 2. The summed E-state index contributed by atoms with van der Waals surface area (Å²) < 4.78 is 15.9. The molecule has 0 saturated heterocycles. The van der Waals surface area contributed by atoms with Crippen LogP contribution in [0.5, 0.6) is 11.5 Å². The molecule has 0 spiro atoms. The molecule has 1 atom stereocenters. The Morgan fingerprint density at radius 3 is 2.69 bits per heavy atom. The number of thiophene rings is 1. The van der Waals surface area contributed by atoms with Crippen molar-refractivity contribution in [3.8, 4) is 11.5 Å². The minimum atomic E-state index is -0.726. The molecule has 1 aromatic carbocycles. The van der Waals surface area contributed by atoms with E-state index in [1.165, 1.54) is 23.6 Å². The van der Waals surface area contributed by atoms with E-state index in [1.807, 2.05) is 29.6 Å². The third-order valence-electron chi connectivity index (χ3n) is 4.86. The van der Waals surface area contributed by atoms with E-state index in [0.29, 0.717) is 17.9 Å². The number of benzene rings is 1. The van der Waals surface area contributed by atoms with Crippen molar-refractivity contribution in [3.05, 3.63) is 70.4 Å². The number of nitrogens with zero attached hydrogens (tertiary/aromatic N) is 4. The van der Waals surface area contributed by atoms with Gasteiger partial charge in [-0.3, -0.25) is 9.78 Å². The van der Waals surface area contributed by atoms with Crippen LogP contribution in [-0.4, -0.2) is 53.4 Å². The highest BCUT2D eigenvalue weighted by molar-refractivity contribution is 7.12. The lowest BCUT2D eigenvalue weighted by Gasteiger charge is -2.22. The molecule has 0 aliphatic carbocycles. The molecular formula is C22H20N4O5S. The maximum atomic E-state index is 13.0. The first kappa shape index (κ1) is 21.4. The third-order valence-corrected chi connectivity index (χ3v) is 5.78. The summed E-state index contributed by atoms with van der Waals surface area (Å²) in [6, 6.07) is 8.98. The average molecular weight is 452 g/mol. The Morgan fingerprint density at radius 1 is 1.16 bits per heavy atom. The molecule has 1 aliphatic heterocycles. The molecule has 0 N–H and O–H groups in total. The largest absolute Gasteiger partial charge is 0.493 e. The Balaban J connectivity index is 1.57. The molecular weight excluding hydrogens is 432 g/mol. The van der Waals surface area contributed by atoms with E-state index in [1.54, 1.807) is 31.6 Å². The van der Waals surface area contributed by atoms with Crippen LogP contribution >= 0.6 is 11.3 Å². The smallest absolute Gasteiger partial charge is 0.359 e. The monoisotopic (exact) mass is 452 g/mol. The highest BCUT2D eigenvalue weighted by atomic mass is 32.1. The first-order valence-corrected chi connectivity index (χ1v) is 10.6. The Bertz CT molecular complexity index is 1130. The van der Waals surface area contributed by atoms with E-state index < -0.39 is 18.5 Å². The van der Waals surface area contributed by atoms with Gasteiger partial charge in [-0.2, -0.15) is 5.10 Å². The van der Waals surface area contributed by atoms with Crippen LogP contribution in [0.25, 0.3) is 0 Å². The van der Waals surface area contributed by atoms with Gasteiger partial charge in [0.15, 0.2) is 23.8 Å². The fourth-order valence-electron chi connectivity index (χ4n) is 3.32. The van der Waals surface area contributed by atoms with E-state index >= 15 is 0 Å². The molecule has 164 valence electrons. The average Bonchev–Trinajstić information content (AvgIpc) is 3.52. The molecule has 3 heterocycles. The van der Waals surface area contributed by atoms with Gasteiger partial charge in [-0.15, -0.1) is 11.3 Å². The zero-order valence-electron chi connectivity index (χ0n) is 17.4. The van der Waals surface area contributed by atoms with Gasteiger partial charge in [-0.05, 0) is 29.1 Å². The van der Waals surface area contributed by atoms with E-state index in [4.69, 9.17) is 14.2 Å². The topological polar surface area (TPSA) is 103 Å². The summed E-state index contributed by atoms with van der Waals surface area (Å²) >= 11 is 1.55. The van der Waals surface area contributed by atoms with Gasteiger partial charge in [0, 0.05) is 18.8 Å². The molecule has 0 unspecified atom stereocenters. The molecule has 2 aromatic heterocycles. The van der Waals surface area contributed by atoms with Gasteiger partial charge in [-0.25, -0.2) is 14.8 Å². The van der Waals surface area contributed by atoms with Crippen molar-refractivity contribution in [3.63, 3.8) is 0 Å². The number of hydrogen-bond donors (Lipinski definition) is 0. The minimum absolute atomic E-state index is 0.0286. The number of hydrogen-bond acceptors (Lipinski definition) is 9. The highest BCUT2D eigenvalue weighted by Crippen LogP contribution is 2.37. The number of aromatic nitrogens is 2. The van der Waals surface area contributed by atoms with E-state index in [-0.39, 0.29) is 11.7 Å². The predicted octanol–water partition coefficient (Wildman–Crippen LogP) is 3.09. The lowest BCUT2D eigenvalue weighted by Crippen LogP contribution is -2.31. The zero-order valence-corrected chi connectivity index (χ0v) is 18.2. The van der Waals surface area contributed by atoms with Crippen LogP contribution < -0.4 is 9.47 Å². The Hall–Kier alpha value is -3.79. The molecule has 1 aliphatic rings. The molecule has 0 radical (unpaired) electrons. The second kappa shape index (κ2) is 9.56. The summed E-state index contributed by atoms with van der Waals surface area (Å²) in [5.41, 5.74) is 1.64. The van der Waals surface area contributed by atoms with Crippen molar-refractivity contribution in [2.75, 3.05) is 20.8 Å². The third kappa shape index (κ3) is 4.45. The molecule has 1 amide bonds. The van der Waals surface area contributed by atoms with Gasteiger partial charge in [0.1, 0.15) is 0 Å². The second-order valence-corrected chi connectivity index (χ2v) is 7.71. The van der Waals surface area contributed by atoms with Crippen LogP contribution in [0, 0.1) is 0 Å². The van der Waals surface area contributed by atoms with Crippen LogP contribution in [0.3, 0.4) is 0 Å². The lowest BCUT2D eigenvalue weighted by molar-refractivity contribution is -0.136. The van der Waals surface area contributed by atoms with E-state index in [0.717, 1.165) is 16.2 Å². The van der Waals surface area contributed by atoms with Crippen molar-refractivity contribution >= 4 is 28.9 Å². The second-order valence-electron chi connectivity index (χ2n) is 6.76. The van der Waals surface area contributed by atoms with E-state index in [9.17, 15) is 9.59 Å². The van der Waals surface area contributed by atoms with Crippen LogP contribution in [0.15, 0.2) is 59.4 Å². The zero-order chi connectivity index (χ0) is 22.5. The quantitative estimate of drug-likeness (QED) is 0.508. The molecule has 9 nitrogen and oxygen atoms in total. The van der Waals surface area contributed by atoms with Gasteiger partial charge >= 0.3 is 5.97 Å². The van der Waals surface area contributed by atoms with Crippen molar-refractivity contribution < 1.29 is 23.8 Å². The van der Waals surface area contributed by atoms with Gasteiger partial charge in [0.25, 0.3) is 5.91 Å². The van der Waals surface area contributed by atoms with Crippen molar-refractivity contribution in [2.45, 2.75) is 12.5 Å². The fourth-order valence-corrected chi connectivity index (χ4v) is 4.04. The Kier molecular flexibility index (Phi) is 6.41. The number of ether oxygens (including phenoxy) is 3. The molecule has 32 heavy (non-hydrogen) atoms. The van der Waals surface area contributed by atoms with Crippen LogP contribution in [-0.2, 0) is 9.53 Å². The molecule has 4 rings (SSSR count). The van der Waals surface area contributed by atoms with Crippen molar-refractivity contribution in [1.82, 2.24) is 15.0 Å². The lowest BCUT2D eigenvalue weighted by atomic mass is 10.0. The predicted molar refractivity (Wildman–Crippen MR) is 117 cm³/mol. The number of carbonyl (C=O) groups excluding carboxylic acids is 2. The number of amides is 1. The first-order chi connectivity index (χ1) is 15.6. The number of carbonyl (C=O) groups is 2. The number of hydrazone groups is 1. The number of rotatable bonds is 7. The van der Waals surface area contributed by atoms with Crippen LogP contribution in [0.4, 0.5) is 0 Å².